The Labute approximate surface area is 192 Å². The van der Waals surface area contributed by atoms with Crippen molar-refractivity contribution in [3.63, 3.8) is 0 Å². The summed E-state index contributed by atoms with van der Waals surface area (Å²) in [5.74, 6) is -0.430. The molecule has 2 saturated heterocycles. The molecule has 2 aliphatic rings. The molecule has 2 aromatic carbocycles. The molecule has 2 aromatic rings. The molecule has 7 heteroatoms. The third-order valence-electron chi connectivity index (χ3n) is 6.10. The topological polar surface area (TPSA) is 52.7 Å². The molecular formula is C25H27ClFN3O2. The Hall–Kier alpha value is -2.70. The Kier molecular flexibility index (Phi) is 6.92. The largest absolute Gasteiger partial charge is 0.331 e. The number of carbonyl (C=O) groups excluding carboxylic acids is 2. The number of hydrogen-bond acceptors (Lipinski definition) is 3. The smallest absolute Gasteiger partial charge is 0.247 e. The van der Waals surface area contributed by atoms with Gasteiger partial charge in [0.25, 0.3) is 0 Å². The Balaban J connectivity index is 1.45. The molecule has 2 unspecified atom stereocenters. The summed E-state index contributed by atoms with van der Waals surface area (Å²) in [5, 5.41) is 3.28. The van der Waals surface area contributed by atoms with Crippen LogP contribution in [0.2, 0.25) is 5.02 Å². The number of piperidine rings is 1. The zero-order chi connectivity index (χ0) is 22.7. The molecule has 0 spiro atoms. The lowest BCUT2D eigenvalue weighted by Crippen LogP contribution is -2.61. The molecular weight excluding hydrogens is 429 g/mol. The van der Waals surface area contributed by atoms with Crippen molar-refractivity contribution in [1.29, 1.82) is 0 Å². The summed E-state index contributed by atoms with van der Waals surface area (Å²) in [6, 6.07) is 12.2. The summed E-state index contributed by atoms with van der Waals surface area (Å²) < 4.78 is 13.2. The minimum absolute atomic E-state index is 0.00939. The van der Waals surface area contributed by atoms with Gasteiger partial charge in [0.2, 0.25) is 11.8 Å². The maximum absolute atomic E-state index is 13.2. The first kappa shape index (κ1) is 22.5. The minimum Gasteiger partial charge on any atom is -0.331 e. The van der Waals surface area contributed by atoms with Crippen LogP contribution in [0, 0.1) is 5.82 Å². The van der Waals surface area contributed by atoms with Crippen molar-refractivity contribution in [1.82, 2.24) is 9.80 Å². The van der Waals surface area contributed by atoms with Gasteiger partial charge < -0.3 is 10.2 Å². The van der Waals surface area contributed by atoms with Gasteiger partial charge in [-0.25, -0.2) is 4.39 Å². The number of rotatable bonds is 5. The Morgan fingerprint density at radius 2 is 1.81 bits per heavy atom. The maximum atomic E-state index is 13.2. The van der Waals surface area contributed by atoms with Crippen molar-refractivity contribution in [2.75, 3.05) is 18.4 Å². The van der Waals surface area contributed by atoms with E-state index in [2.05, 4.69) is 10.2 Å². The van der Waals surface area contributed by atoms with Crippen LogP contribution in [-0.2, 0) is 16.1 Å². The summed E-state index contributed by atoms with van der Waals surface area (Å²) in [6.07, 6.45) is 6.42. The Morgan fingerprint density at radius 1 is 1.12 bits per heavy atom. The van der Waals surface area contributed by atoms with Crippen LogP contribution >= 0.6 is 11.6 Å². The van der Waals surface area contributed by atoms with E-state index in [9.17, 15) is 14.0 Å². The highest BCUT2D eigenvalue weighted by atomic mass is 35.5. The van der Waals surface area contributed by atoms with Gasteiger partial charge in [-0.15, -0.1) is 0 Å². The average Bonchev–Trinajstić information content (AvgIpc) is 2.73. The lowest BCUT2D eigenvalue weighted by atomic mass is 9.90. The molecule has 2 bridgehead atoms. The number of carbonyl (C=O) groups is 2. The van der Waals surface area contributed by atoms with Crippen molar-refractivity contribution in [2.45, 2.75) is 44.8 Å². The van der Waals surface area contributed by atoms with E-state index in [0.29, 0.717) is 10.7 Å². The first-order chi connectivity index (χ1) is 15.4. The van der Waals surface area contributed by atoms with E-state index < -0.39 is 0 Å². The number of nitrogens with zero attached hydrogens (tertiary/aromatic N) is 2. The summed E-state index contributed by atoms with van der Waals surface area (Å²) in [6.45, 7) is 3.82. The summed E-state index contributed by atoms with van der Waals surface area (Å²) >= 11 is 6.05. The van der Waals surface area contributed by atoms with E-state index in [1.807, 2.05) is 17.0 Å². The van der Waals surface area contributed by atoms with Gasteiger partial charge in [0.1, 0.15) is 5.82 Å². The molecule has 2 amide bonds. The van der Waals surface area contributed by atoms with E-state index in [4.69, 9.17) is 11.6 Å². The van der Waals surface area contributed by atoms with Gasteiger partial charge in [-0.3, -0.25) is 14.5 Å². The van der Waals surface area contributed by atoms with E-state index in [1.54, 1.807) is 30.4 Å². The van der Waals surface area contributed by atoms with Crippen LogP contribution in [0.1, 0.15) is 37.3 Å². The fourth-order valence-corrected chi connectivity index (χ4v) is 4.92. The second-order valence-electron chi connectivity index (χ2n) is 8.55. The lowest BCUT2D eigenvalue weighted by Gasteiger charge is -2.50. The summed E-state index contributed by atoms with van der Waals surface area (Å²) in [7, 11) is 0. The zero-order valence-corrected chi connectivity index (χ0v) is 18.8. The normalized spacial score (nSPS) is 21.0. The molecule has 1 N–H and O–H groups in total. The number of fused-ring (bicyclic) bond motifs is 2. The van der Waals surface area contributed by atoms with Crippen molar-refractivity contribution >= 4 is 35.2 Å². The van der Waals surface area contributed by atoms with Gasteiger partial charge in [0, 0.05) is 55.4 Å². The summed E-state index contributed by atoms with van der Waals surface area (Å²) in [5.41, 5.74) is 2.40. The van der Waals surface area contributed by atoms with Crippen LogP contribution in [0.3, 0.4) is 0 Å². The Morgan fingerprint density at radius 3 is 2.47 bits per heavy atom. The predicted molar refractivity (Wildman–Crippen MR) is 125 cm³/mol. The molecule has 0 aromatic heterocycles. The average molecular weight is 456 g/mol. The Bertz CT molecular complexity index is 1010. The number of nitrogens with one attached hydrogen (secondary N) is 1. The van der Waals surface area contributed by atoms with Crippen LogP contribution in [0.25, 0.3) is 6.08 Å². The number of hydrogen-bond donors (Lipinski definition) is 1. The second-order valence-corrected chi connectivity index (χ2v) is 8.99. The number of halogens is 2. The van der Waals surface area contributed by atoms with Crippen LogP contribution < -0.4 is 5.32 Å². The van der Waals surface area contributed by atoms with Gasteiger partial charge in [0.15, 0.2) is 0 Å². The van der Waals surface area contributed by atoms with Crippen molar-refractivity contribution in [3.8, 4) is 0 Å². The fraction of sp³-hybridized carbons (Fsp3) is 0.360. The predicted octanol–water partition coefficient (Wildman–Crippen LogP) is 4.72. The lowest BCUT2D eigenvalue weighted by molar-refractivity contribution is -0.137. The molecule has 32 heavy (non-hydrogen) atoms. The summed E-state index contributed by atoms with van der Waals surface area (Å²) in [4.78, 5) is 29.0. The van der Waals surface area contributed by atoms with E-state index in [-0.39, 0.29) is 29.7 Å². The van der Waals surface area contributed by atoms with E-state index >= 15 is 0 Å². The van der Waals surface area contributed by atoms with Crippen LogP contribution in [0.4, 0.5) is 10.1 Å². The van der Waals surface area contributed by atoms with Crippen molar-refractivity contribution in [3.05, 3.63) is 70.5 Å². The van der Waals surface area contributed by atoms with Gasteiger partial charge in [0.05, 0.1) is 0 Å². The minimum atomic E-state index is -0.227. The van der Waals surface area contributed by atoms with Gasteiger partial charge in [-0.1, -0.05) is 29.8 Å². The first-order valence-corrected chi connectivity index (χ1v) is 11.3. The van der Waals surface area contributed by atoms with E-state index in [0.717, 1.165) is 50.0 Å². The fourth-order valence-electron chi connectivity index (χ4n) is 4.75. The number of anilines is 1. The van der Waals surface area contributed by atoms with Crippen molar-refractivity contribution in [2.24, 2.45) is 0 Å². The number of benzene rings is 2. The molecule has 2 heterocycles. The molecule has 4 rings (SSSR count). The third-order valence-corrected chi connectivity index (χ3v) is 6.34. The molecule has 0 saturated carbocycles. The molecule has 2 aliphatic heterocycles. The molecule has 5 nitrogen and oxygen atoms in total. The second kappa shape index (κ2) is 9.84. The van der Waals surface area contributed by atoms with Crippen LogP contribution in [0.5, 0.6) is 0 Å². The highest BCUT2D eigenvalue weighted by Gasteiger charge is 2.39. The quantitative estimate of drug-likeness (QED) is 0.664. The zero-order valence-electron chi connectivity index (χ0n) is 18.1. The van der Waals surface area contributed by atoms with Gasteiger partial charge in [-0.05, 0) is 60.7 Å². The first-order valence-electron chi connectivity index (χ1n) is 10.9. The van der Waals surface area contributed by atoms with Gasteiger partial charge in [-0.2, -0.15) is 0 Å². The molecule has 168 valence electrons. The van der Waals surface area contributed by atoms with Crippen molar-refractivity contribution < 1.29 is 14.0 Å². The van der Waals surface area contributed by atoms with Crippen LogP contribution in [-0.4, -0.2) is 46.8 Å². The number of likely N-dealkylation sites (tertiary alicyclic amines) is 1. The molecule has 2 atom stereocenters. The monoisotopic (exact) mass is 455 g/mol. The highest BCUT2D eigenvalue weighted by molar-refractivity contribution is 6.31. The molecule has 2 fully saturated rings. The van der Waals surface area contributed by atoms with Gasteiger partial charge >= 0.3 is 0 Å². The highest BCUT2D eigenvalue weighted by Crippen LogP contribution is 2.30. The number of amides is 2. The third kappa shape index (κ3) is 5.37. The van der Waals surface area contributed by atoms with Crippen LogP contribution in [0.15, 0.2) is 48.5 Å². The molecule has 0 radical (unpaired) electrons. The molecule has 0 aliphatic carbocycles. The maximum Gasteiger partial charge on any atom is 0.247 e. The SMILES string of the molecule is CC(=O)Nc1cc(Cl)ccc1/C=C/C(=O)N1C2CCCC1CN(Cc1ccc(F)cc1)C2. The van der Waals surface area contributed by atoms with E-state index in [1.165, 1.54) is 19.1 Å². The standard InChI is InChI=1S/C25H27ClFN3O2/c1-17(31)28-24-13-20(26)9-7-19(24)8-12-25(32)30-22-3-2-4-23(30)16-29(15-22)14-18-5-10-21(27)11-6-18/h5-13,22-23H,2-4,14-16H2,1H3,(H,28,31)/b12-8+. The number of piperazine rings is 1.